The lowest BCUT2D eigenvalue weighted by atomic mass is 9.77. The fraction of sp³-hybridized carbons (Fsp3) is 0.579. The molecule has 4 rings (SSSR count). The van der Waals surface area contributed by atoms with Crippen LogP contribution in [0.4, 0.5) is 0 Å². The number of aromatic hydroxyl groups is 1. The second kappa shape index (κ2) is 5.80. The van der Waals surface area contributed by atoms with E-state index in [1.54, 1.807) is 12.1 Å². The van der Waals surface area contributed by atoms with Crippen LogP contribution in [0, 0.1) is 5.92 Å². The van der Waals surface area contributed by atoms with Crippen molar-refractivity contribution >= 4 is 11.8 Å². The van der Waals surface area contributed by atoms with Crippen LogP contribution in [0.2, 0.25) is 0 Å². The second-order valence-electron chi connectivity index (χ2n) is 7.66. The number of carbonyl (C=O) groups excluding carboxylic acids is 2. The Kier molecular flexibility index (Phi) is 3.74. The van der Waals surface area contributed by atoms with Gasteiger partial charge in [-0.25, -0.2) is 0 Å². The summed E-state index contributed by atoms with van der Waals surface area (Å²) in [6.07, 6.45) is 5.37. The van der Waals surface area contributed by atoms with Gasteiger partial charge in [0.1, 0.15) is 5.75 Å². The molecule has 2 amide bonds. The van der Waals surface area contributed by atoms with Crippen molar-refractivity contribution in [3.05, 3.63) is 29.8 Å². The summed E-state index contributed by atoms with van der Waals surface area (Å²) in [5.41, 5.74) is 1.14. The summed E-state index contributed by atoms with van der Waals surface area (Å²) in [4.78, 5) is 26.0. The highest BCUT2D eigenvalue weighted by atomic mass is 16.3. The maximum Gasteiger partial charge on any atom is 0.225 e. The van der Waals surface area contributed by atoms with Crippen LogP contribution >= 0.6 is 0 Å². The number of phenolic OH excluding ortho intramolecular Hbond substituents is 1. The molecule has 5 heteroatoms. The largest absolute Gasteiger partial charge is 0.508 e. The van der Waals surface area contributed by atoms with Crippen LogP contribution in [-0.2, 0) is 9.59 Å². The normalized spacial score (nSPS) is 28.5. The van der Waals surface area contributed by atoms with Crippen molar-refractivity contribution < 1.29 is 14.7 Å². The molecule has 2 heterocycles. The molecule has 0 atom stereocenters. The van der Waals surface area contributed by atoms with Crippen LogP contribution in [0.15, 0.2) is 24.3 Å². The van der Waals surface area contributed by atoms with E-state index in [1.807, 2.05) is 17.0 Å². The molecular formula is C19H24N2O3. The number of nitrogens with zero attached hydrogens (tertiary/aromatic N) is 1. The van der Waals surface area contributed by atoms with Crippen LogP contribution in [0.5, 0.6) is 5.75 Å². The third kappa shape index (κ3) is 2.76. The van der Waals surface area contributed by atoms with Crippen LogP contribution < -0.4 is 5.32 Å². The molecule has 3 aliphatic rings. The number of hydrogen-bond donors (Lipinski definition) is 2. The van der Waals surface area contributed by atoms with Crippen molar-refractivity contribution in [2.24, 2.45) is 5.92 Å². The molecule has 24 heavy (non-hydrogen) atoms. The van der Waals surface area contributed by atoms with Crippen molar-refractivity contribution in [2.45, 2.75) is 50.0 Å². The van der Waals surface area contributed by atoms with Gasteiger partial charge in [-0.15, -0.1) is 0 Å². The highest BCUT2D eigenvalue weighted by Gasteiger charge is 2.50. The first kappa shape index (κ1) is 15.5. The molecule has 3 fully saturated rings. The van der Waals surface area contributed by atoms with E-state index in [0.717, 1.165) is 32.1 Å². The number of hydrogen-bond acceptors (Lipinski definition) is 3. The van der Waals surface area contributed by atoms with Gasteiger partial charge in [0.2, 0.25) is 11.8 Å². The third-order valence-electron chi connectivity index (χ3n) is 5.97. The lowest BCUT2D eigenvalue weighted by Gasteiger charge is -2.49. The number of phenols is 1. The number of benzene rings is 1. The van der Waals surface area contributed by atoms with E-state index in [9.17, 15) is 14.7 Å². The highest BCUT2D eigenvalue weighted by molar-refractivity contribution is 5.83. The van der Waals surface area contributed by atoms with Gasteiger partial charge in [-0.1, -0.05) is 12.1 Å². The van der Waals surface area contributed by atoms with Gasteiger partial charge in [0.25, 0.3) is 0 Å². The topological polar surface area (TPSA) is 69.6 Å². The zero-order chi connectivity index (χ0) is 16.7. The van der Waals surface area contributed by atoms with Crippen LogP contribution in [0.3, 0.4) is 0 Å². The fourth-order valence-corrected chi connectivity index (χ4v) is 4.53. The molecule has 1 aromatic carbocycles. The predicted octanol–water partition coefficient (Wildman–Crippen LogP) is 2.16. The smallest absolute Gasteiger partial charge is 0.225 e. The fourth-order valence-electron chi connectivity index (χ4n) is 4.53. The molecule has 5 nitrogen and oxygen atoms in total. The van der Waals surface area contributed by atoms with Gasteiger partial charge in [-0.2, -0.15) is 0 Å². The first-order chi connectivity index (χ1) is 11.5. The van der Waals surface area contributed by atoms with E-state index in [4.69, 9.17) is 0 Å². The van der Waals surface area contributed by atoms with E-state index >= 15 is 0 Å². The Morgan fingerprint density at radius 3 is 2.38 bits per heavy atom. The Morgan fingerprint density at radius 2 is 1.79 bits per heavy atom. The molecule has 128 valence electrons. The average molecular weight is 328 g/mol. The van der Waals surface area contributed by atoms with Crippen LogP contribution in [0.25, 0.3) is 0 Å². The molecule has 1 aliphatic carbocycles. The minimum Gasteiger partial charge on any atom is -0.508 e. The van der Waals surface area contributed by atoms with Crippen molar-refractivity contribution in [1.29, 1.82) is 0 Å². The molecule has 1 aromatic rings. The molecule has 0 radical (unpaired) electrons. The summed E-state index contributed by atoms with van der Waals surface area (Å²) in [5.74, 6) is 1.31. The zero-order valence-electron chi connectivity index (χ0n) is 13.8. The number of carbonyl (C=O) groups is 2. The van der Waals surface area contributed by atoms with Gasteiger partial charge < -0.3 is 15.3 Å². The third-order valence-corrected chi connectivity index (χ3v) is 5.97. The van der Waals surface area contributed by atoms with Gasteiger partial charge in [0.15, 0.2) is 0 Å². The number of rotatable bonds is 2. The van der Waals surface area contributed by atoms with E-state index < -0.39 is 0 Å². The van der Waals surface area contributed by atoms with Crippen LogP contribution in [-0.4, -0.2) is 40.4 Å². The molecule has 0 aromatic heterocycles. The summed E-state index contributed by atoms with van der Waals surface area (Å²) in [5, 5.41) is 12.4. The van der Waals surface area contributed by atoms with Gasteiger partial charge in [0, 0.05) is 25.4 Å². The van der Waals surface area contributed by atoms with E-state index in [0.29, 0.717) is 31.2 Å². The highest BCUT2D eigenvalue weighted by Crippen LogP contribution is 2.39. The summed E-state index contributed by atoms with van der Waals surface area (Å²) in [6.45, 7) is 1.38. The maximum atomic E-state index is 12.7. The lowest BCUT2D eigenvalue weighted by Crippen LogP contribution is -2.69. The van der Waals surface area contributed by atoms with Crippen molar-refractivity contribution in [2.75, 3.05) is 13.1 Å². The quantitative estimate of drug-likeness (QED) is 0.874. The number of nitrogens with one attached hydrogen (secondary N) is 1. The molecule has 2 aliphatic heterocycles. The molecule has 2 N–H and O–H groups in total. The first-order valence-electron chi connectivity index (χ1n) is 8.93. The molecule has 1 spiro atoms. The molecule has 0 unspecified atom stereocenters. The molecule has 2 saturated heterocycles. The Labute approximate surface area is 142 Å². The lowest BCUT2D eigenvalue weighted by molar-refractivity contribution is -0.145. The Balaban J connectivity index is 1.29. The summed E-state index contributed by atoms with van der Waals surface area (Å²) in [6, 6.07) is 7.46. The molecule has 1 saturated carbocycles. The van der Waals surface area contributed by atoms with Crippen molar-refractivity contribution in [3.8, 4) is 5.75 Å². The monoisotopic (exact) mass is 328 g/mol. The van der Waals surface area contributed by atoms with Crippen molar-refractivity contribution in [1.82, 2.24) is 10.2 Å². The number of amides is 2. The van der Waals surface area contributed by atoms with Gasteiger partial charge >= 0.3 is 0 Å². The Bertz CT molecular complexity index is 641. The SMILES string of the molecule is O=C1CCC2(CN(C(=O)[C@H]3CC[C@@H](c4ccc(O)cc4)CC3)C2)N1. The van der Waals surface area contributed by atoms with Gasteiger partial charge in [0.05, 0.1) is 5.54 Å². The summed E-state index contributed by atoms with van der Waals surface area (Å²) >= 11 is 0. The molecular weight excluding hydrogens is 304 g/mol. The molecule has 0 bridgehead atoms. The Hall–Kier alpha value is -2.04. The van der Waals surface area contributed by atoms with E-state index in [1.165, 1.54) is 5.56 Å². The van der Waals surface area contributed by atoms with E-state index in [2.05, 4.69) is 5.32 Å². The summed E-state index contributed by atoms with van der Waals surface area (Å²) < 4.78 is 0. The van der Waals surface area contributed by atoms with E-state index in [-0.39, 0.29) is 23.3 Å². The zero-order valence-corrected chi connectivity index (χ0v) is 13.8. The van der Waals surface area contributed by atoms with Crippen LogP contribution in [0.1, 0.15) is 50.0 Å². The minimum absolute atomic E-state index is 0.115. The number of likely N-dealkylation sites (tertiary alicyclic amines) is 1. The van der Waals surface area contributed by atoms with Gasteiger partial charge in [-0.3, -0.25) is 9.59 Å². The van der Waals surface area contributed by atoms with Gasteiger partial charge in [-0.05, 0) is 55.7 Å². The first-order valence-corrected chi connectivity index (χ1v) is 8.93. The second-order valence-corrected chi connectivity index (χ2v) is 7.66. The average Bonchev–Trinajstić information content (AvgIpc) is 2.96. The summed E-state index contributed by atoms with van der Waals surface area (Å²) in [7, 11) is 0. The standard InChI is InChI=1S/C19H24N2O3/c22-16-7-5-14(6-8-16)13-1-3-15(4-2-13)18(24)21-11-19(12-21)10-9-17(23)20-19/h5-8,13,15,22H,1-4,9-12H2,(H,20,23)/t13-,15+. The maximum absolute atomic E-state index is 12.7. The predicted molar refractivity (Wildman–Crippen MR) is 89.5 cm³/mol. The Morgan fingerprint density at radius 1 is 1.12 bits per heavy atom. The van der Waals surface area contributed by atoms with Crippen molar-refractivity contribution in [3.63, 3.8) is 0 Å². The minimum atomic E-state index is -0.115.